The van der Waals surface area contributed by atoms with Crippen LogP contribution in [0.5, 0.6) is 0 Å². The van der Waals surface area contributed by atoms with Crippen molar-refractivity contribution in [3.05, 3.63) is 0 Å². The van der Waals surface area contributed by atoms with Crippen LogP contribution < -0.4 is 51.4 Å². The number of carbonyl (C=O) groups is 1. The summed E-state index contributed by atoms with van der Waals surface area (Å²) in [6.45, 7) is -2.73. The minimum Gasteiger partial charge on any atom is -0.466 e. The van der Waals surface area contributed by atoms with Gasteiger partial charge in [0.25, 0.3) is 0 Å². The standard InChI is InChI=1S/C9H15BF3O2.K/c1-2-15-9(14)8-4-3-7(5-8)6-10(11,12)13;/h7-8H,2-6H2,1H3;/q-1;+1. The molecule has 0 saturated heterocycles. The molecule has 0 aromatic heterocycles. The summed E-state index contributed by atoms with van der Waals surface area (Å²) in [5.41, 5.74) is 0. The van der Waals surface area contributed by atoms with Gasteiger partial charge in [0, 0.05) is 0 Å². The first-order chi connectivity index (χ1) is 6.92. The van der Waals surface area contributed by atoms with Gasteiger partial charge in [-0.3, -0.25) is 4.79 Å². The number of rotatable bonds is 4. The van der Waals surface area contributed by atoms with Crippen LogP contribution in [-0.2, 0) is 9.53 Å². The van der Waals surface area contributed by atoms with Gasteiger partial charge in [0.2, 0.25) is 0 Å². The minimum atomic E-state index is -4.72. The number of ether oxygens (including phenoxy) is 1. The Morgan fingerprint density at radius 2 is 2.00 bits per heavy atom. The number of halogens is 3. The predicted octanol–water partition coefficient (Wildman–Crippen LogP) is -0.183. The number of carbonyl (C=O) groups excluding carboxylic acids is 1. The maximum Gasteiger partial charge on any atom is 1.00 e. The van der Waals surface area contributed by atoms with Crippen molar-refractivity contribution in [2.45, 2.75) is 32.5 Å². The Morgan fingerprint density at radius 1 is 1.38 bits per heavy atom. The van der Waals surface area contributed by atoms with E-state index in [-0.39, 0.29) is 69.2 Å². The van der Waals surface area contributed by atoms with E-state index in [0.29, 0.717) is 25.9 Å². The molecule has 7 heteroatoms. The van der Waals surface area contributed by atoms with E-state index in [2.05, 4.69) is 0 Å². The Balaban J connectivity index is 0.00000225. The molecule has 0 aromatic carbocycles. The van der Waals surface area contributed by atoms with Crippen LogP contribution in [0, 0.1) is 11.8 Å². The zero-order chi connectivity index (χ0) is 11.5. The molecule has 1 fully saturated rings. The number of hydrogen-bond donors (Lipinski definition) is 0. The first-order valence-corrected chi connectivity index (χ1v) is 5.30. The van der Waals surface area contributed by atoms with Crippen molar-refractivity contribution in [2.24, 2.45) is 11.8 Å². The van der Waals surface area contributed by atoms with Crippen molar-refractivity contribution in [3.63, 3.8) is 0 Å². The van der Waals surface area contributed by atoms with E-state index in [9.17, 15) is 17.7 Å². The minimum absolute atomic E-state index is 0. The van der Waals surface area contributed by atoms with E-state index in [4.69, 9.17) is 4.74 Å². The van der Waals surface area contributed by atoms with Crippen molar-refractivity contribution in [3.8, 4) is 0 Å². The molecule has 0 amide bonds. The van der Waals surface area contributed by atoms with Gasteiger partial charge in [0.05, 0.1) is 12.5 Å². The fraction of sp³-hybridized carbons (Fsp3) is 0.889. The molecule has 1 aliphatic rings. The zero-order valence-electron chi connectivity index (χ0n) is 9.72. The quantitative estimate of drug-likeness (QED) is 0.519. The van der Waals surface area contributed by atoms with Crippen LogP contribution in [0.25, 0.3) is 0 Å². The predicted molar refractivity (Wildman–Crippen MR) is 51.3 cm³/mol. The largest absolute Gasteiger partial charge is 1.00 e. The normalized spacial score (nSPS) is 25.0. The molecule has 1 aliphatic carbocycles. The maximum absolute atomic E-state index is 12.1. The third kappa shape index (κ3) is 6.05. The average molecular weight is 262 g/mol. The second-order valence-electron chi connectivity index (χ2n) is 4.07. The van der Waals surface area contributed by atoms with E-state index < -0.39 is 13.3 Å². The van der Waals surface area contributed by atoms with Gasteiger partial charge in [-0.2, -0.15) is 0 Å². The molecule has 2 nitrogen and oxygen atoms in total. The van der Waals surface area contributed by atoms with Crippen molar-refractivity contribution in [1.82, 2.24) is 0 Å². The zero-order valence-corrected chi connectivity index (χ0v) is 12.8. The fourth-order valence-electron chi connectivity index (χ4n) is 2.14. The molecule has 1 saturated carbocycles. The third-order valence-electron chi connectivity index (χ3n) is 2.76. The van der Waals surface area contributed by atoms with E-state index in [0.717, 1.165) is 0 Å². The Morgan fingerprint density at radius 3 is 2.50 bits per heavy atom. The van der Waals surface area contributed by atoms with Gasteiger partial charge < -0.3 is 17.7 Å². The molecule has 2 atom stereocenters. The summed E-state index contributed by atoms with van der Waals surface area (Å²) >= 11 is 0. The Bertz CT molecular complexity index is 235. The SMILES string of the molecule is CCOC(=O)C1CCC(C[B-](F)(F)F)C1.[K+]. The van der Waals surface area contributed by atoms with Crippen LogP contribution >= 0.6 is 0 Å². The van der Waals surface area contributed by atoms with Crippen LogP contribution in [0.3, 0.4) is 0 Å². The van der Waals surface area contributed by atoms with Gasteiger partial charge in [0.15, 0.2) is 0 Å². The molecular weight excluding hydrogens is 247 g/mol. The Hall–Kier alpha value is 0.961. The van der Waals surface area contributed by atoms with Crippen LogP contribution in [0.4, 0.5) is 12.9 Å². The topological polar surface area (TPSA) is 26.3 Å². The van der Waals surface area contributed by atoms with Gasteiger partial charge in [-0.1, -0.05) is 18.7 Å². The maximum atomic E-state index is 12.1. The summed E-state index contributed by atoms with van der Waals surface area (Å²) in [6, 6.07) is 0. The van der Waals surface area contributed by atoms with E-state index in [1.807, 2.05) is 0 Å². The summed E-state index contributed by atoms with van der Waals surface area (Å²) in [5.74, 6) is -1.03. The molecule has 0 bridgehead atoms. The van der Waals surface area contributed by atoms with Crippen molar-refractivity contribution in [2.75, 3.05) is 6.61 Å². The Kier molecular flexibility index (Phi) is 7.85. The van der Waals surface area contributed by atoms with Crippen molar-refractivity contribution in [1.29, 1.82) is 0 Å². The van der Waals surface area contributed by atoms with Crippen LogP contribution in [0.15, 0.2) is 0 Å². The van der Waals surface area contributed by atoms with Gasteiger partial charge in [0.1, 0.15) is 0 Å². The van der Waals surface area contributed by atoms with E-state index >= 15 is 0 Å². The van der Waals surface area contributed by atoms with E-state index in [1.165, 1.54) is 0 Å². The molecule has 0 aliphatic heterocycles. The monoisotopic (exact) mass is 262 g/mol. The van der Waals surface area contributed by atoms with Crippen molar-refractivity contribution < 1.29 is 73.9 Å². The number of esters is 1. The molecule has 1 rings (SSSR count). The van der Waals surface area contributed by atoms with Gasteiger partial charge in [-0.15, -0.1) is 0 Å². The van der Waals surface area contributed by atoms with Gasteiger partial charge in [-0.05, 0) is 19.8 Å². The molecule has 88 valence electrons. The first-order valence-electron chi connectivity index (χ1n) is 5.30. The second-order valence-corrected chi connectivity index (χ2v) is 4.07. The molecule has 0 radical (unpaired) electrons. The average Bonchev–Trinajstić information content (AvgIpc) is 2.50. The number of hydrogen-bond acceptors (Lipinski definition) is 2. The first kappa shape index (κ1) is 17.0. The van der Waals surface area contributed by atoms with Gasteiger partial charge in [-0.25, -0.2) is 0 Å². The molecule has 0 heterocycles. The van der Waals surface area contributed by atoms with E-state index in [1.54, 1.807) is 6.92 Å². The molecule has 0 spiro atoms. The van der Waals surface area contributed by atoms with Crippen LogP contribution in [-0.4, -0.2) is 19.6 Å². The summed E-state index contributed by atoms with van der Waals surface area (Å²) in [5, 5.41) is 0. The van der Waals surface area contributed by atoms with Gasteiger partial charge >= 0.3 is 64.3 Å². The summed E-state index contributed by atoms with van der Waals surface area (Å²) in [7, 11) is 0. The summed E-state index contributed by atoms with van der Waals surface area (Å²) in [4.78, 5) is 11.3. The van der Waals surface area contributed by atoms with Crippen LogP contribution in [0.1, 0.15) is 26.2 Å². The molecule has 2 unspecified atom stereocenters. The second kappa shape index (κ2) is 7.41. The molecular formula is C9H15BF3KO2. The van der Waals surface area contributed by atoms with Crippen LogP contribution in [0.2, 0.25) is 6.32 Å². The molecule has 0 N–H and O–H groups in total. The summed E-state index contributed by atoms with van der Waals surface area (Å²) < 4.78 is 41.2. The molecule has 16 heavy (non-hydrogen) atoms. The van der Waals surface area contributed by atoms with Crippen molar-refractivity contribution >= 4 is 12.9 Å². The summed E-state index contributed by atoms with van der Waals surface area (Å²) in [6.07, 6.45) is 0.649. The third-order valence-corrected chi connectivity index (χ3v) is 2.76. The fourth-order valence-corrected chi connectivity index (χ4v) is 2.14. The Labute approximate surface area is 136 Å². The smallest absolute Gasteiger partial charge is 0.466 e. The molecule has 0 aromatic rings.